The van der Waals surface area contributed by atoms with Crippen LogP contribution in [-0.2, 0) is 11.2 Å². The van der Waals surface area contributed by atoms with Gasteiger partial charge in [-0.25, -0.2) is 0 Å². The van der Waals surface area contributed by atoms with E-state index in [9.17, 15) is 9.59 Å². The minimum atomic E-state index is -0.760. The zero-order valence-corrected chi connectivity index (χ0v) is 22.9. The lowest BCUT2D eigenvalue weighted by Crippen LogP contribution is -2.49. The molecule has 0 bridgehead atoms. The van der Waals surface area contributed by atoms with Gasteiger partial charge in [0.25, 0.3) is 5.91 Å². The van der Waals surface area contributed by atoms with Gasteiger partial charge in [-0.1, -0.05) is 54.6 Å². The zero-order valence-electron chi connectivity index (χ0n) is 22.9. The number of rotatable bonds is 5. The molecular weight excluding hydrogens is 492 g/mol. The molecule has 1 aliphatic heterocycles. The molecule has 0 aromatic heterocycles. The maximum absolute atomic E-state index is 14.0. The van der Waals surface area contributed by atoms with Crippen LogP contribution in [0, 0.1) is 0 Å². The number of carbonyl (C=O) groups is 2. The van der Waals surface area contributed by atoms with Gasteiger partial charge in [0, 0.05) is 31.5 Å². The Morgan fingerprint density at radius 3 is 2.38 bits per heavy atom. The van der Waals surface area contributed by atoms with E-state index in [2.05, 4.69) is 5.32 Å². The van der Waals surface area contributed by atoms with Crippen LogP contribution in [-0.4, -0.2) is 50.1 Å². The van der Waals surface area contributed by atoms with Crippen LogP contribution in [0.25, 0.3) is 0 Å². The summed E-state index contributed by atoms with van der Waals surface area (Å²) in [5.74, 6) is 1.25. The second-order valence-corrected chi connectivity index (χ2v) is 9.66. The molecule has 0 fully saturated rings. The molecule has 7 heteroatoms. The molecule has 39 heavy (non-hydrogen) atoms. The number of ether oxygens (including phenoxy) is 3. The lowest BCUT2D eigenvalue weighted by Gasteiger charge is -2.31. The molecule has 2 amide bonds. The molecule has 1 N–H and O–H groups in total. The summed E-state index contributed by atoms with van der Waals surface area (Å²) in [5, 5.41) is 3.22. The molecule has 4 rings (SSSR count). The Hall–Kier alpha value is -4.26. The van der Waals surface area contributed by atoms with E-state index in [1.165, 1.54) is 4.90 Å². The summed E-state index contributed by atoms with van der Waals surface area (Å²) in [5.41, 5.74) is 2.20. The number of methoxy groups -OCH3 is 2. The number of nitrogens with zero attached hydrogens (tertiary/aromatic N) is 1. The standard InChI is InChI=1S/C32H36N2O5/c1-22-12-8-10-16-27(25-19-18-24(37-3)21-30(25)38-4)33-31(35)28(20-23-13-6-5-7-14-23)34(2)32(36)26-15-9-11-17-29(26)39-22/h5-11,13-15,17-19,21-22,27-28H,12,16,20H2,1-4H3,(H,33,35)/b10-8+/t22-,27+,28-/m1/s1. The average molecular weight is 529 g/mol. The summed E-state index contributed by atoms with van der Waals surface area (Å²) in [6.07, 6.45) is 5.49. The monoisotopic (exact) mass is 528 g/mol. The highest BCUT2D eigenvalue weighted by molar-refractivity contribution is 5.99. The molecule has 0 radical (unpaired) electrons. The normalized spacial score (nSPS) is 21.1. The minimum Gasteiger partial charge on any atom is -0.497 e. The highest BCUT2D eigenvalue weighted by atomic mass is 16.5. The van der Waals surface area contributed by atoms with E-state index in [0.717, 1.165) is 11.1 Å². The van der Waals surface area contributed by atoms with Gasteiger partial charge in [-0.3, -0.25) is 9.59 Å². The number of amides is 2. The van der Waals surface area contributed by atoms with Crippen molar-refractivity contribution < 1.29 is 23.8 Å². The van der Waals surface area contributed by atoms with Gasteiger partial charge in [0.15, 0.2) is 0 Å². The molecule has 204 valence electrons. The average Bonchev–Trinajstić information content (AvgIpc) is 2.96. The third-order valence-corrected chi connectivity index (χ3v) is 6.95. The van der Waals surface area contributed by atoms with Crippen molar-refractivity contribution in [1.29, 1.82) is 0 Å². The maximum Gasteiger partial charge on any atom is 0.258 e. The van der Waals surface area contributed by atoms with Crippen LogP contribution in [0.1, 0.15) is 47.3 Å². The predicted octanol–water partition coefficient (Wildman–Crippen LogP) is 5.36. The Balaban J connectivity index is 1.76. The first kappa shape index (κ1) is 27.8. The van der Waals surface area contributed by atoms with Crippen molar-refractivity contribution in [3.63, 3.8) is 0 Å². The number of likely N-dealkylation sites (N-methyl/N-ethyl adjacent to an activating group) is 1. The molecule has 0 saturated carbocycles. The van der Waals surface area contributed by atoms with Gasteiger partial charge < -0.3 is 24.4 Å². The Morgan fingerprint density at radius 2 is 1.64 bits per heavy atom. The van der Waals surface area contributed by atoms with Crippen molar-refractivity contribution in [1.82, 2.24) is 10.2 Å². The Bertz CT molecular complexity index is 1310. The van der Waals surface area contributed by atoms with E-state index in [1.54, 1.807) is 45.5 Å². The third kappa shape index (κ3) is 6.79. The van der Waals surface area contributed by atoms with Gasteiger partial charge in [-0.2, -0.15) is 0 Å². The molecule has 0 spiro atoms. The quantitative estimate of drug-likeness (QED) is 0.451. The van der Waals surface area contributed by atoms with Crippen LogP contribution in [0.2, 0.25) is 0 Å². The molecule has 0 saturated heterocycles. The molecule has 3 aromatic rings. The largest absolute Gasteiger partial charge is 0.497 e. The highest BCUT2D eigenvalue weighted by Gasteiger charge is 2.31. The number of nitrogens with one attached hydrogen (secondary N) is 1. The minimum absolute atomic E-state index is 0.146. The molecule has 0 aliphatic carbocycles. The van der Waals surface area contributed by atoms with Crippen molar-refractivity contribution in [2.24, 2.45) is 0 Å². The summed E-state index contributed by atoms with van der Waals surface area (Å²) in [7, 11) is 4.87. The lowest BCUT2D eigenvalue weighted by atomic mass is 9.98. The Morgan fingerprint density at radius 1 is 0.923 bits per heavy atom. The summed E-state index contributed by atoms with van der Waals surface area (Å²) in [4.78, 5) is 29.3. The fourth-order valence-corrected chi connectivity index (χ4v) is 4.74. The van der Waals surface area contributed by atoms with Crippen molar-refractivity contribution in [3.8, 4) is 17.2 Å². The van der Waals surface area contributed by atoms with Crippen LogP contribution >= 0.6 is 0 Å². The van der Waals surface area contributed by atoms with E-state index in [4.69, 9.17) is 14.2 Å². The second-order valence-electron chi connectivity index (χ2n) is 9.66. The molecule has 7 nitrogen and oxygen atoms in total. The number of benzene rings is 3. The van der Waals surface area contributed by atoms with E-state index in [0.29, 0.717) is 42.1 Å². The Kier molecular flexibility index (Phi) is 9.26. The topological polar surface area (TPSA) is 77.1 Å². The van der Waals surface area contributed by atoms with Gasteiger partial charge in [-0.05, 0) is 43.2 Å². The van der Waals surface area contributed by atoms with E-state index in [1.807, 2.05) is 67.6 Å². The van der Waals surface area contributed by atoms with Gasteiger partial charge in [-0.15, -0.1) is 0 Å². The molecule has 3 atom stereocenters. The van der Waals surface area contributed by atoms with Crippen LogP contribution < -0.4 is 19.5 Å². The summed E-state index contributed by atoms with van der Waals surface area (Å²) in [6.45, 7) is 1.98. The van der Waals surface area contributed by atoms with Crippen LogP contribution in [0.3, 0.4) is 0 Å². The van der Waals surface area contributed by atoms with Crippen molar-refractivity contribution >= 4 is 11.8 Å². The smallest absolute Gasteiger partial charge is 0.258 e. The molecule has 3 aromatic carbocycles. The lowest BCUT2D eigenvalue weighted by molar-refractivity contribution is -0.126. The van der Waals surface area contributed by atoms with Crippen molar-refractivity contribution in [2.45, 2.75) is 44.4 Å². The first-order valence-electron chi connectivity index (χ1n) is 13.1. The molecule has 1 aliphatic rings. The zero-order chi connectivity index (χ0) is 27.8. The highest BCUT2D eigenvalue weighted by Crippen LogP contribution is 2.32. The molecule has 0 unspecified atom stereocenters. The number of para-hydroxylation sites is 1. The Labute approximate surface area is 230 Å². The number of carbonyl (C=O) groups excluding carboxylic acids is 2. The molecule has 1 heterocycles. The van der Waals surface area contributed by atoms with Gasteiger partial charge in [0.2, 0.25) is 5.91 Å². The van der Waals surface area contributed by atoms with Crippen LogP contribution in [0.5, 0.6) is 17.2 Å². The van der Waals surface area contributed by atoms with Gasteiger partial charge >= 0.3 is 0 Å². The predicted molar refractivity (Wildman–Crippen MR) is 151 cm³/mol. The van der Waals surface area contributed by atoms with Gasteiger partial charge in [0.1, 0.15) is 23.3 Å². The molecular formula is C32H36N2O5. The summed E-state index contributed by atoms with van der Waals surface area (Å²) < 4.78 is 17.2. The first-order chi connectivity index (χ1) is 18.9. The van der Waals surface area contributed by atoms with E-state index in [-0.39, 0.29) is 24.0 Å². The third-order valence-electron chi connectivity index (χ3n) is 6.95. The van der Waals surface area contributed by atoms with Crippen molar-refractivity contribution in [2.75, 3.05) is 21.3 Å². The van der Waals surface area contributed by atoms with E-state index < -0.39 is 6.04 Å². The number of fused-ring (bicyclic) bond motifs is 1. The number of hydrogen-bond acceptors (Lipinski definition) is 5. The number of hydrogen-bond donors (Lipinski definition) is 1. The van der Waals surface area contributed by atoms with Crippen LogP contribution in [0.15, 0.2) is 84.9 Å². The maximum atomic E-state index is 14.0. The van der Waals surface area contributed by atoms with Crippen LogP contribution in [0.4, 0.5) is 0 Å². The van der Waals surface area contributed by atoms with Crippen molar-refractivity contribution in [3.05, 3.63) is 102 Å². The summed E-state index contributed by atoms with van der Waals surface area (Å²) in [6, 6.07) is 21.3. The van der Waals surface area contributed by atoms with E-state index >= 15 is 0 Å². The second kappa shape index (κ2) is 13.0. The summed E-state index contributed by atoms with van der Waals surface area (Å²) >= 11 is 0. The SMILES string of the molecule is COc1ccc([C@@H]2C/C=C/C[C@@H](C)Oc3ccccc3C(=O)N(C)[C@H](Cc3ccccc3)C(=O)N2)c(OC)c1. The fraction of sp³-hybridized carbons (Fsp3) is 0.312. The van der Waals surface area contributed by atoms with Gasteiger partial charge in [0.05, 0.1) is 31.9 Å². The fourth-order valence-electron chi connectivity index (χ4n) is 4.74. The first-order valence-corrected chi connectivity index (χ1v) is 13.1.